The van der Waals surface area contributed by atoms with Gasteiger partial charge in [0, 0.05) is 38.8 Å². The van der Waals surface area contributed by atoms with Gasteiger partial charge in [-0.1, -0.05) is 50.3 Å². The smallest absolute Gasteiger partial charge is 0.191 e. The molecule has 1 heterocycles. The van der Waals surface area contributed by atoms with Crippen LogP contribution in [-0.4, -0.2) is 49.6 Å². The van der Waals surface area contributed by atoms with Crippen LogP contribution in [0.1, 0.15) is 39.2 Å². The monoisotopic (exact) mass is 356 g/mol. The molecule has 1 fully saturated rings. The molecule has 4 nitrogen and oxygen atoms in total. The van der Waals surface area contributed by atoms with E-state index in [4.69, 9.17) is 4.99 Å². The van der Waals surface area contributed by atoms with Crippen LogP contribution < -0.4 is 10.6 Å². The number of benzene rings is 1. The lowest BCUT2D eigenvalue weighted by atomic mass is 9.86. The van der Waals surface area contributed by atoms with Crippen molar-refractivity contribution in [2.45, 2.75) is 46.1 Å². The maximum atomic E-state index is 4.90. The first-order chi connectivity index (χ1) is 12.5. The van der Waals surface area contributed by atoms with Gasteiger partial charge in [0.2, 0.25) is 0 Å². The van der Waals surface area contributed by atoms with Gasteiger partial charge in [-0.25, -0.2) is 0 Å². The van der Waals surface area contributed by atoms with Crippen LogP contribution in [0.2, 0.25) is 0 Å². The van der Waals surface area contributed by atoms with Crippen molar-refractivity contribution in [2.24, 2.45) is 10.4 Å². The highest BCUT2D eigenvalue weighted by Crippen LogP contribution is 2.22. The van der Waals surface area contributed by atoms with Gasteiger partial charge in [-0.15, -0.1) is 6.58 Å². The van der Waals surface area contributed by atoms with Crippen LogP contribution in [0.3, 0.4) is 0 Å². The highest BCUT2D eigenvalue weighted by molar-refractivity contribution is 5.80. The molecule has 26 heavy (non-hydrogen) atoms. The fourth-order valence-electron chi connectivity index (χ4n) is 3.45. The molecule has 0 unspecified atom stereocenters. The van der Waals surface area contributed by atoms with Crippen molar-refractivity contribution in [3.63, 3.8) is 0 Å². The Labute approximate surface area is 159 Å². The van der Waals surface area contributed by atoms with Crippen LogP contribution in [-0.2, 0) is 6.42 Å². The number of likely N-dealkylation sites (tertiary alicyclic amines) is 1. The molecule has 1 aromatic rings. The molecule has 2 N–H and O–H groups in total. The van der Waals surface area contributed by atoms with E-state index in [1.54, 1.807) is 0 Å². The number of aliphatic imine (C=N–C) groups is 1. The highest BCUT2D eigenvalue weighted by atomic mass is 15.2. The summed E-state index contributed by atoms with van der Waals surface area (Å²) in [5.74, 6) is 0.954. The van der Waals surface area contributed by atoms with Crippen LogP contribution in [0.25, 0.3) is 0 Å². The Morgan fingerprint density at radius 1 is 1.27 bits per heavy atom. The van der Waals surface area contributed by atoms with Crippen molar-refractivity contribution in [3.05, 3.63) is 48.6 Å². The largest absolute Gasteiger partial charge is 0.357 e. The zero-order valence-corrected chi connectivity index (χ0v) is 16.8. The second-order valence-corrected chi connectivity index (χ2v) is 8.03. The maximum Gasteiger partial charge on any atom is 0.191 e. The Hall–Kier alpha value is -1.81. The van der Waals surface area contributed by atoms with E-state index < -0.39 is 0 Å². The average Bonchev–Trinajstić information content (AvgIpc) is 2.62. The molecule has 4 heteroatoms. The lowest BCUT2D eigenvalue weighted by Gasteiger charge is -2.32. The highest BCUT2D eigenvalue weighted by Gasteiger charge is 2.21. The summed E-state index contributed by atoms with van der Waals surface area (Å²) in [6.45, 7) is 15.5. The minimum absolute atomic E-state index is 0.136. The third-order valence-electron chi connectivity index (χ3n) is 4.85. The molecule has 0 saturated carbocycles. The third kappa shape index (κ3) is 7.20. The topological polar surface area (TPSA) is 39.7 Å². The molecule has 0 bridgehead atoms. The molecule has 0 amide bonds. The van der Waals surface area contributed by atoms with E-state index in [1.165, 1.54) is 5.56 Å². The van der Waals surface area contributed by atoms with E-state index in [-0.39, 0.29) is 5.41 Å². The Morgan fingerprint density at radius 2 is 1.96 bits per heavy atom. The minimum atomic E-state index is 0.136. The summed E-state index contributed by atoms with van der Waals surface area (Å²) in [4.78, 5) is 7.35. The molecule has 0 aromatic heterocycles. The molecular weight excluding hydrogens is 320 g/mol. The van der Waals surface area contributed by atoms with Crippen molar-refractivity contribution in [2.75, 3.05) is 32.7 Å². The van der Waals surface area contributed by atoms with Crippen LogP contribution in [0.15, 0.2) is 48.0 Å². The van der Waals surface area contributed by atoms with Gasteiger partial charge < -0.3 is 10.6 Å². The normalized spacial score (nSPS) is 17.1. The van der Waals surface area contributed by atoms with Crippen LogP contribution >= 0.6 is 0 Å². The van der Waals surface area contributed by atoms with E-state index in [0.29, 0.717) is 6.04 Å². The first-order valence-corrected chi connectivity index (χ1v) is 9.94. The van der Waals surface area contributed by atoms with Crippen molar-refractivity contribution in [1.82, 2.24) is 15.5 Å². The molecule has 1 aromatic carbocycles. The predicted molar refractivity (Wildman–Crippen MR) is 113 cm³/mol. The fraction of sp³-hybridized carbons (Fsp3) is 0.591. The quantitative estimate of drug-likeness (QED) is 0.426. The number of nitrogens with one attached hydrogen (secondary N) is 2. The number of piperidine rings is 1. The maximum absolute atomic E-state index is 4.90. The van der Waals surface area contributed by atoms with Gasteiger partial charge in [0.15, 0.2) is 5.96 Å². The molecular formula is C22H36N4. The number of hydrogen-bond acceptors (Lipinski definition) is 2. The van der Waals surface area contributed by atoms with Gasteiger partial charge in [-0.05, 0) is 37.2 Å². The van der Waals surface area contributed by atoms with Gasteiger partial charge in [-0.3, -0.25) is 9.89 Å². The van der Waals surface area contributed by atoms with Crippen molar-refractivity contribution < 1.29 is 0 Å². The number of nitrogens with zero attached hydrogens (tertiary/aromatic N) is 2. The van der Waals surface area contributed by atoms with Gasteiger partial charge in [-0.2, -0.15) is 0 Å². The minimum Gasteiger partial charge on any atom is -0.357 e. The van der Waals surface area contributed by atoms with Crippen LogP contribution in [0.4, 0.5) is 0 Å². The van der Waals surface area contributed by atoms with Gasteiger partial charge in [0.05, 0.1) is 0 Å². The van der Waals surface area contributed by atoms with Gasteiger partial charge in [0.25, 0.3) is 0 Å². The number of rotatable bonds is 8. The van der Waals surface area contributed by atoms with E-state index in [9.17, 15) is 0 Å². The molecule has 0 radical (unpaired) electrons. The molecule has 0 spiro atoms. The Morgan fingerprint density at radius 3 is 2.58 bits per heavy atom. The zero-order chi connectivity index (χ0) is 18.8. The number of hydrogen-bond donors (Lipinski definition) is 2. The summed E-state index contributed by atoms with van der Waals surface area (Å²) in [6, 6.07) is 11.2. The van der Waals surface area contributed by atoms with E-state index >= 15 is 0 Å². The van der Waals surface area contributed by atoms with E-state index in [0.717, 1.165) is 57.9 Å². The van der Waals surface area contributed by atoms with Crippen molar-refractivity contribution in [1.29, 1.82) is 0 Å². The van der Waals surface area contributed by atoms with Crippen LogP contribution in [0, 0.1) is 5.41 Å². The Balaban J connectivity index is 1.88. The van der Waals surface area contributed by atoms with Gasteiger partial charge in [0.1, 0.15) is 0 Å². The standard InChI is InChI=1S/C22H36N4/c1-5-14-26-15-12-20(13-16-26)25-21(23-6-2)24-18-22(3,4)17-19-10-8-7-9-11-19/h5,7-11,20H,1,6,12-18H2,2-4H3,(H2,23,24,25). The molecule has 144 valence electrons. The lowest BCUT2D eigenvalue weighted by Crippen LogP contribution is -2.49. The van der Waals surface area contributed by atoms with E-state index in [1.807, 2.05) is 6.08 Å². The summed E-state index contributed by atoms with van der Waals surface area (Å²) >= 11 is 0. The first kappa shape index (κ1) is 20.5. The van der Waals surface area contributed by atoms with Crippen molar-refractivity contribution >= 4 is 5.96 Å². The molecule has 0 atom stereocenters. The second-order valence-electron chi connectivity index (χ2n) is 8.03. The molecule has 2 rings (SSSR count). The summed E-state index contributed by atoms with van der Waals surface area (Å²) in [6.07, 6.45) is 5.35. The zero-order valence-electron chi connectivity index (χ0n) is 16.8. The molecule has 1 aliphatic heterocycles. The van der Waals surface area contributed by atoms with Crippen molar-refractivity contribution in [3.8, 4) is 0 Å². The first-order valence-electron chi connectivity index (χ1n) is 9.94. The Kier molecular flexibility index (Phi) is 8.17. The summed E-state index contributed by atoms with van der Waals surface area (Å²) in [7, 11) is 0. The average molecular weight is 357 g/mol. The van der Waals surface area contributed by atoms with Crippen LogP contribution in [0.5, 0.6) is 0 Å². The Bertz CT molecular complexity index is 557. The van der Waals surface area contributed by atoms with Gasteiger partial charge >= 0.3 is 0 Å². The fourth-order valence-corrected chi connectivity index (χ4v) is 3.45. The SMILES string of the molecule is C=CCN1CCC(NC(=NCC(C)(C)Cc2ccccc2)NCC)CC1. The van der Waals surface area contributed by atoms with E-state index in [2.05, 4.69) is 73.2 Å². The number of guanidine groups is 1. The molecule has 1 saturated heterocycles. The summed E-state index contributed by atoms with van der Waals surface area (Å²) in [5, 5.41) is 7.05. The second kappa shape index (κ2) is 10.4. The third-order valence-corrected chi connectivity index (χ3v) is 4.85. The summed E-state index contributed by atoms with van der Waals surface area (Å²) < 4.78 is 0. The lowest BCUT2D eigenvalue weighted by molar-refractivity contribution is 0.225. The predicted octanol–water partition coefficient (Wildman–Crippen LogP) is 3.46. The molecule has 1 aliphatic rings. The summed E-state index contributed by atoms with van der Waals surface area (Å²) in [5.41, 5.74) is 1.51. The molecule has 0 aliphatic carbocycles.